The Balaban J connectivity index is 2.66. The van der Waals surface area contributed by atoms with Gasteiger partial charge < -0.3 is 0 Å². The summed E-state index contributed by atoms with van der Waals surface area (Å²) >= 11 is 5.64. The van der Waals surface area contributed by atoms with Gasteiger partial charge in [-0.3, -0.25) is 10.3 Å². The van der Waals surface area contributed by atoms with E-state index < -0.39 is 0 Å². The summed E-state index contributed by atoms with van der Waals surface area (Å²) in [6.07, 6.45) is 3.08. The Morgan fingerprint density at radius 3 is 3.31 bits per heavy atom. The Labute approximate surface area is 81.6 Å². The van der Waals surface area contributed by atoms with E-state index in [1.54, 1.807) is 12.3 Å². The maximum Gasteiger partial charge on any atom is 0.153 e. The second-order valence-electron chi connectivity index (χ2n) is 2.24. The average Bonchev–Trinajstić information content (AvgIpc) is 2.19. The summed E-state index contributed by atoms with van der Waals surface area (Å²) in [6.45, 7) is 0. The van der Waals surface area contributed by atoms with E-state index >= 15 is 0 Å². The van der Waals surface area contributed by atoms with Gasteiger partial charge in [-0.25, -0.2) is 9.98 Å². The SMILES string of the molecule is CONC=Nc1cc(CCl)ccn1. The van der Waals surface area contributed by atoms with E-state index in [1.807, 2.05) is 6.07 Å². The fraction of sp³-hybridized carbons (Fsp3) is 0.250. The average molecular weight is 200 g/mol. The molecule has 0 fully saturated rings. The molecule has 1 aromatic heterocycles. The highest BCUT2D eigenvalue weighted by Crippen LogP contribution is 2.10. The van der Waals surface area contributed by atoms with Crippen LogP contribution in [-0.4, -0.2) is 18.4 Å². The fourth-order valence-electron chi connectivity index (χ4n) is 0.759. The third kappa shape index (κ3) is 3.40. The first-order valence-electron chi connectivity index (χ1n) is 3.68. The lowest BCUT2D eigenvalue weighted by Crippen LogP contribution is -2.07. The van der Waals surface area contributed by atoms with Crippen LogP contribution in [0.3, 0.4) is 0 Å². The molecule has 0 bridgehead atoms. The van der Waals surface area contributed by atoms with Crippen molar-refractivity contribution in [3.8, 4) is 0 Å². The Hall–Kier alpha value is -1.13. The van der Waals surface area contributed by atoms with Gasteiger partial charge in [0.2, 0.25) is 0 Å². The zero-order chi connectivity index (χ0) is 9.52. The van der Waals surface area contributed by atoms with Gasteiger partial charge in [-0.15, -0.1) is 11.6 Å². The number of aliphatic imine (C=N–C) groups is 1. The number of hydrogen-bond acceptors (Lipinski definition) is 3. The number of halogens is 1. The molecule has 1 heterocycles. The van der Waals surface area contributed by atoms with Crippen LogP contribution in [0.15, 0.2) is 23.3 Å². The summed E-state index contributed by atoms with van der Waals surface area (Å²) in [5.41, 5.74) is 3.46. The van der Waals surface area contributed by atoms with E-state index in [9.17, 15) is 0 Å². The molecule has 5 heteroatoms. The molecule has 0 radical (unpaired) electrons. The van der Waals surface area contributed by atoms with Crippen molar-refractivity contribution in [2.45, 2.75) is 5.88 Å². The van der Waals surface area contributed by atoms with E-state index in [0.29, 0.717) is 11.7 Å². The smallest absolute Gasteiger partial charge is 0.153 e. The molecule has 0 saturated heterocycles. The molecule has 0 aromatic carbocycles. The summed E-state index contributed by atoms with van der Waals surface area (Å²) in [7, 11) is 1.51. The van der Waals surface area contributed by atoms with Crippen LogP contribution in [0.2, 0.25) is 0 Å². The van der Waals surface area contributed by atoms with Gasteiger partial charge in [-0.05, 0) is 17.7 Å². The number of hydroxylamine groups is 1. The Morgan fingerprint density at radius 1 is 1.77 bits per heavy atom. The molecule has 0 aliphatic heterocycles. The Bertz CT molecular complexity index is 290. The number of nitrogens with one attached hydrogen (secondary N) is 1. The first kappa shape index (κ1) is 9.95. The van der Waals surface area contributed by atoms with E-state index in [2.05, 4.69) is 20.3 Å². The minimum atomic E-state index is 0.461. The predicted molar refractivity (Wildman–Crippen MR) is 52.1 cm³/mol. The highest BCUT2D eigenvalue weighted by Gasteiger charge is 1.92. The molecule has 0 amide bonds. The Kier molecular flexibility index (Phi) is 4.21. The minimum absolute atomic E-state index is 0.461. The normalized spacial score (nSPS) is 10.6. The van der Waals surface area contributed by atoms with Gasteiger partial charge in [0.25, 0.3) is 0 Å². The van der Waals surface area contributed by atoms with Gasteiger partial charge in [0.05, 0.1) is 7.11 Å². The summed E-state index contributed by atoms with van der Waals surface area (Å²) in [4.78, 5) is 12.5. The lowest BCUT2D eigenvalue weighted by atomic mass is 10.3. The molecule has 0 saturated carbocycles. The number of aromatic nitrogens is 1. The summed E-state index contributed by atoms with van der Waals surface area (Å²) < 4.78 is 0. The summed E-state index contributed by atoms with van der Waals surface area (Å²) in [5.74, 6) is 1.06. The van der Waals surface area contributed by atoms with Crippen molar-refractivity contribution >= 4 is 23.8 Å². The molecule has 0 aliphatic rings. The van der Waals surface area contributed by atoms with Gasteiger partial charge in [0.1, 0.15) is 6.34 Å². The van der Waals surface area contributed by atoms with Crippen LogP contribution in [-0.2, 0) is 10.7 Å². The topological polar surface area (TPSA) is 46.5 Å². The number of nitrogens with zero attached hydrogens (tertiary/aromatic N) is 2. The van der Waals surface area contributed by atoms with Crippen LogP contribution in [0.1, 0.15) is 5.56 Å². The first-order chi connectivity index (χ1) is 6.36. The summed E-state index contributed by atoms with van der Waals surface area (Å²) in [5, 5.41) is 0. The van der Waals surface area contributed by atoms with Crippen molar-refractivity contribution in [1.82, 2.24) is 10.5 Å². The van der Waals surface area contributed by atoms with E-state index in [0.717, 1.165) is 5.56 Å². The molecule has 0 spiro atoms. The lowest BCUT2D eigenvalue weighted by Gasteiger charge is -1.96. The van der Waals surface area contributed by atoms with Gasteiger partial charge >= 0.3 is 0 Å². The van der Waals surface area contributed by atoms with Crippen molar-refractivity contribution in [3.63, 3.8) is 0 Å². The van der Waals surface area contributed by atoms with Crippen molar-refractivity contribution in [3.05, 3.63) is 23.9 Å². The van der Waals surface area contributed by atoms with Gasteiger partial charge in [-0.1, -0.05) is 0 Å². The molecule has 0 atom stereocenters. The molecular formula is C8H10ClN3O. The van der Waals surface area contributed by atoms with Crippen molar-refractivity contribution in [2.75, 3.05) is 7.11 Å². The minimum Gasteiger partial charge on any atom is -0.279 e. The fourth-order valence-corrected chi connectivity index (χ4v) is 0.926. The maximum atomic E-state index is 5.64. The van der Waals surface area contributed by atoms with Crippen LogP contribution in [0.5, 0.6) is 0 Å². The maximum absolute atomic E-state index is 5.64. The third-order valence-corrected chi connectivity index (χ3v) is 1.64. The monoisotopic (exact) mass is 199 g/mol. The quantitative estimate of drug-likeness (QED) is 0.347. The van der Waals surface area contributed by atoms with Crippen LogP contribution in [0.4, 0.5) is 5.82 Å². The van der Waals surface area contributed by atoms with Crippen LogP contribution in [0, 0.1) is 0 Å². The lowest BCUT2D eigenvalue weighted by molar-refractivity contribution is 0.148. The zero-order valence-corrected chi connectivity index (χ0v) is 7.95. The molecule has 13 heavy (non-hydrogen) atoms. The van der Waals surface area contributed by atoms with Crippen molar-refractivity contribution < 1.29 is 4.84 Å². The molecule has 4 nitrogen and oxygen atoms in total. The molecule has 70 valence electrons. The summed E-state index contributed by atoms with van der Waals surface area (Å²) in [6, 6.07) is 3.65. The van der Waals surface area contributed by atoms with Crippen LogP contribution >= 0.6 is 11.6 Å². The van der Waals surface area contributed by atoms with E-state index in [-0.39, 0.29) is 0 Å². The second-order valence-corrected chi connectivity index (χ2v) is 2.50. The molecular weight excluding hydrogens is 190 g/mol. The highest BCUT2D eigenvalue weighted by atomic mass is 35.5. The third-order valence-electron chi connectivity index (χ3n) is 1.33. The predicted octanol–water partition coefficient (Wildman–Crippen LogP) is 1.63. The Morgan fingerprint density at radius 2 is 2.62 bits per heavy atom. The number of pyridine rings is 1. The van der Waals surface area contributed by atoms with Crippen molar-refractivity contribution in [2.24, 2.45) is 4.99 Å². The van der Waals surface area contributed by atoms with Gasteiger partial charge in [-0.2, -0.15) is 0 Å². The van der Waals surface area contributed by atoms with Crippen molar-refractivity contribution in [1.29, 1.82) is 0 Å². The number of rotatable bonds is 4. The van der Waals surface area contributed by atoms with Crippen LogP contribution < -0.4 is 5.48 Å². The largest absolute Gasteiger partial charge is 0.279 e. The molecule has 0 aliphatic carbocycles. The van der Waals surface area contributed by atoms with Crippen LogP contribution in [0.25, 0.3) is 0 Å². The van der Waals surface area contributed by atoms with E-state index in [4.69, 9.17) is 11.6 Å². The first-order valence-corrected chi connectivity index (χ1v) is 4.22. The van der Waals surface area contributed by atoms with Gasteiger partial charge in [0.15, 0.2) is 5.82 Å². The molecule has 1 aromatic rings. The standard InChI is InChI=1S/C8H10ClN3O/c1-13-12-6-11-8-4-7(5-9)2-3-10-8/h2-4,6H,5H2,1H3,(H,10,11,12). The molecule has 1 N–H and O–H groups in total. The highest BCUT2D eigenvalue weighted by molar-refractivity contribution is 6.17. The second kappa shape index (κ2) is 5.50. The molecule has 1 rings (SSSR count). The number of alkyl halides is 1. The van der Waals surface area contributed by atoms with E-state index in [1.165, 1.54) is 13.4 Å². The van der Waals surface area contributed by atoms with Gasteiger partial charge in [0, 0.05) is 12.1 Å². The number of hydrogen-bond donors (Lipinski definition) is 1. The zero-order valence-electron chi connectivity index (χ0n) is 7.20. The molecule has 0 unspecified atom stereocenters.